The number of benzene rings is 2. The number of anilines is 2. The Hall–Kier alpha value is -3.67. The van der Waals surface area contributed by atoms with E-state index in [1.54, 1.807) is 24.5 Å². The van der Waals surface area contributed by atoms with Gasteiger partial charge in [-0.3, -0.25) is 9.97 Å². The highest BCUT2D eigenvalue weighted by Gasteiger charge is 2.11. The van der Waals surface area contributed by atoms with E-state index in [-0.39, 0.29) is 6.03 Å². The van der Waals surface area contributed by atoms with Gasteiger partial charge in [0, 0.05) is 28.9 Å². The van der Waals surface area contributed by atoms with Crippen molar-refractivity contribution in [2.45, 2.75) is 6.92 Å². The second-order valence-corrected chi connectivity index (χ2v) is 5.93. The van der Waals surface area contributed by atoms with Gasteiger partial charge >= 0.3 is 6.03 Å². The third-order valence-corrected chi connectivity index (χ3v) is 4.14. The van der Waals surface area contributed by atoms with Crippen LogP contribution in [-0.2, 0) is 0 Å². The number of urea groups is 1. The molecule has 0 aliphatic rings. The van der Waals surface area contributed by atoms with Gasteiger partial charge in [0.25, 0.3) is 0 Å². The van der Waals surface area contributed by atoms with E-state index in [0.29, 0.717) is 18.0 Å². The number of nitrogens with zero attached hydrogens (tertiary/aromatic N) is 2. The number of hydrogen-bond acceptors (Lipinski definition) is 4. The molecule has 0 bridgehead atoms. The van der Waals surface area contributed by atoms with Crippen LogP contribution >= 0.6 is 0 Å². The molecule has 27 heavy (non-hydrogen) atoms. The van der Waals surface area contributed by atoms with Crippen LogP contribution in [-0.4, -0.2) is 22.6 Å². The molecule has 0 atom stereocenters. The molecule has 4 rings (SSSR count). The van der Waals surface area contributed by atoms with Crippen LogP contribution in [0.25, 0.3) is 21.8 Å². The molecular weight excluding hydrogens is 340 g/mol. The minimum Gasteiger partial charge on any atom is -0.494 e. The first-order valence-electron chi connectivity index (χ1n) is 8.68. The van der Waals surface area contributed by atoms with Crippen LogP contribution in [0.15, 0.2) is 67.0 Å². The standard InChI is InChI=1S/C21H18N4O2/c1-2-27-15-9-7-14(8-10-15)24-21(26)25-19-13-18-16(5-3-11-22-18)17-6-4-12-23-20(17)19/h3-13H,2H2,1H3,(H2,24,25,26). The highest BCUT2D eigenvalue weighted by Crippen LogP contribution is 2.29. The lowest BCUT2D eigenvalue weighted by atomic mass is 10.1. The maximum atomic E-state index is 12.5. The van der Waals surface area contributed by atoms with Gasteiger partial charge in [-0.25, -0.2) is 4.79 Å². The summed E-state index contributed by atoms with van der Waals surface area (Å²) in [5.74, 6) is 0.763. The molecule has 0 fully saturated rings. The molecule has 0 saturated heterocycles. The van der Waals surface area contributed by atoms with Gasteiger partial charge in [0.1, 0.15) is 5.75 Å². The number of ether oxygens (including phenoxy) is 1. The van der Waals surface area contributed by atoms with Crippen molar-refractivity contribution in [3.8, 4) is 5.75 Å². The molecule has 0 aliphatic heterocycles. The molecule has 134 valence electrons. The Balaban J connectivity index is 1.61. The zero-order chi connectivity index (χ0) is 18.6. The van der Waals surface area contributed by atoms with Crippen molar-refractivity contribution in [3.05, 3.63) is 67.0 Å². The minimum atomic E-state index is -0.346. The number of nitrogens with one attached hydrogen (secondary N) is 2. The molecule has 2 heterocycles. The summed E-state index contributed by atoms with van der Waals surface area (Å²) in [6, 6.07) is 16.4. The molecule has 0 aliphatic carbocycles. The molecule has 2 aromatic heterocycles. The van der Waals surface area contributed by atoms with Gasteiger partial charge in [-0.1, -0.05) is 12.1 Å². The zero-order valence-corrected chi connectivity index (χ0v) is 14.8. The number of carbonyl (C=O) groups is 1. The van der Waals surface area contributed by atoms with Crippen molar-refractivity contribution in [2.24, 2.45) is 0 Å². The van der Waals surface area contributed by atoms with E-state index in [9.17, 15) is 4.79 Å². The van der Waals surface area contributed by atoms with E-state index in [1.807, 2.05) is 49.4 Å². The van der Waals surface area contributed by atoms with Crippen molar-refractivity contribution in [3.63, 3.8) is 0 Å². The van der Waals surface area contributed by atoms with Crippen LogP contribution in [0.1, 0.15) is 6.92 Å². The van der Waals surface area contributed by atoms with E-state index < -0.39 is 0 Å². The first-order valence-corrected chi connectivity index (χ1v) is 8.68. The average Bonchev–Trinajstić information content (AvgIpc) is 2.70. The third kappa shape index (κ3) is 3.50. The highest BCUT2D eigenvalue weighted by molar-refractivity contribution is 6.13. The monoisotopic (exact) mass is 358 g/mol. The Morgan fingerprint density at radius 3 is 2.48 bits per heavy atom. The summed E-state index contributed by atoms with van der Waals surface area (Å²) in [7, 11) is 0. The Morgan fingerprint density at radius 1 is 0.963 bits per heavy atom. The first-order chi connectivity index (χ1) is 13.2. The number of hydrogen-bond donors (Lipinski definition) is 2. The Kier molecular flexibility index (Phi) is 4.53. The molecule has 0 spiro atoms. The van der Waals surface area contributed by atoms with Crippen LogP contribution in [0.5, 0.6) is 5.75 Å². The fourth-order valence-corrected chi connectivity index (χ4v) is 2.98. The predicted octanol–water partition coefficient (Wildman–Crippen LogP) is 4.83. The van der Waals surface area contributed by atoms with Crippen molar-refractivity contribution in [1.82, 2.24) is 9.97 Å². The summed E-state index contributed by atoms with van der Waals surface area (Å²) in [4.78, 5) is 21.3. The summed E-state index contributed by atoms with van der Waals surface area (Å²) >= 11 is 0. The second kappa shape index (κ2) is 7.29. The minimum absolute atomic E-state index is 0.346. The smallest absolute Gasteiger partial charge is 0.323 e. The number of rotatable bonds is 4. The van der Waals surface area contributed by atoms with Gasteiger partial charge in [0.2, 0.25) is 0 Å². The summed E-state index contributed by atoms with van der Waals surface area (Å²) in [5.41, 5.74) is 2.81. The van der Waals surface area contributed by atoms with Crippen LogP contribution in [0.4, 0.5) is 16.2 Å². The summed E-state index contributed by atoms with van der Waals surface area (Å²) in [5, 5.41) is 7.64. The van der Waals surface area contributed by atoms with Gasteiger partial charge in [0.15, 0.2) is 0 Å². The van der Waals surface area contributed by atoms with Crippen molar-refractivity contribution >= 4 is 39.2 Å². The SMILES string of the molecule is CCOc1ccc(NC(=O)Nc2cc3ncccc3c3cccnc23)cc1. The number of pyridine rings is 2. The topological polar surface area (TPSA) is 76.1 Å². The van der Waals surface area contributed by atoms with E-state index in [1.165, 1.54) is 0 Å². The van der Waals surface area contributed by atoms with Gasteiger partial charge in [0.05, 0.1) is 23.3 Å². The average molecular weight is 358 g/mol. The van der Waals surface area contributed by atoms with E-state index in [2.05, 4.69) is 20.6 Å². The van der Waals surface area contributed by atoms with Gasteiger partial charge < -0.3 is 15.4 Å². The third-order valence-electron chi connectivity index (χ3n) is 4.14. The molecule has 2 amide bonds. The first kappa shape index (κ1) is 16.8. The van der Waals surface area contributed by atoms with E-state index >= 15 is 0 Å². The molecule has 0 radical (unpaired) electrons. The fourth-order valence-electron chi connectivity index (χ4n) is 2.98. The van der Waals surface area contributed by atoms with E-state index in [0.717, 1.165) is 27.6 Å². The fraction of sp³-hybridized carbons (Fsp3) is 0.0952. The molecule has 2 N–H and O–H groups in total. The predicted molar refractivity (Wildman–Crippen MR) is 107 cm³/mol. The molecule has 0 unspecified atom stereocenters. The molecule has 6 nitrogen and oxygen atoms in total. The lowest BCUT2D eigenvalue weighted by molar-refractivity contribution is 0.262. The quantitative estimate of drug-likeness (QED) is 0.513. The molecule has 2 aromatic carbocycles. The van der Waals surface area contributed by atoms with Crippen LogP contribution in [0, 0.1) is 0 Å². The maximum absolute atomic E-state index is 12.5. The normalized spacial score (nSPS) is 10.7. The number of fused-ring (bicyclic) bond motifs is 3. The maximum Gasteiger partial charge on any atom is 0.323 e. The summed E-state index contributed by atoms with van der Waals surface area (Å²) < 4.78 is 5.41. The van der Waals surface area contributed by atoms with Gasteiger partial charge in [-0.15, -0.1) is 0 Å². The number of aromatic nitrogens is 2. The lowest BCUT2D eigenvalue weighted by Crippen LogP contribution is -2.19. The molecular formula is C21H18N4O2. The van der Waals surface area contributed by atoms with E-state index in [4.69, 9.17) is 4.74 Å². The lowest BCUT2D eigenvalue weighted by Gasteiger charge is -2.12. The highest BCUT2D eigenvalue weighted by atomic mass is 16.5. The van der Waals surface area contributed by atoms with Crippen molar-refractivity contribution in [2.75, 3.05) is 17.2 Å². The Morgan fingerprint density at radius 2 is 1.70 bits per heavy atom. The van der Waals surface area contributed by atoms with Crippen molar-refractivity contribution < 1.29 is 9.53 Å². The molecule has 0 saturated carbocycles. The number of carbonyl (C=O) groups excluding carboxylic acids is 1. The summed E-state index contributed by atoms with van der Waals surface area (Å²) in [6.45, 7) is 2.53. The summed E-state index contributed by atoms with van der Waals surface area (Å²) in [6.07, 6.45) is 3.44. The van der Waals surface area contributed by atoms with Gasteiger partial charge in [-0.2, -0.15) is 0 Å². The Bertz CT molecular complexity index is 1110. The Labute approximate surface area is 156 Å². The van der Waals surface area contributed by atoms with Crippen molar-refractivity contribution in [1.29, 1.82) is 0 Å². The van der Waals surface area contributed by atoms with Crippen LogP contribution in [0.3, 0.4) is 0 Å². The van der Waals surface area contributed by atoms with Crippen LogP contribution in [0.2, 0.25) is 0 Å². The second-order valence-electron chi connectivity index (χ2n) is 5.93. The molecule has 6 heteroatoms. The number of amides is 2. The van der Waals surface area contributed by atoms with Gasteiger partial charge in [-0.05, 0) is 49.4 Å². The van der Waals surface area contributed by atoms with Crippen LogP contribution < -0.4 is 15.4 Å². The molecule has 4 aromatic rings. The zero-order valence-electron chi connectivity index (χ0n) is 14.8. The largest absolute Gasteiger partial charge is 0.494 e.